The minimum absolute atomic E-state index is 0. The number of carbonyl (C=O) groups is 1. The lowest BCUT2D eigenvalue weighted by atomic mass is 10.1. The summed E-state index contributed by atoms with van der Waals surface area (Å²) in [5, 5.41) is 0.640. The van der Waals surface area contributed by atoms with Crippen molar-refractivity contribution in [2.75, 3.05) is 24.5 Å². The highest BCUT2D eigenvalue weighted by Crippen LogP contribution is 2.18. The second-order valence-electron chi connectivity index (χ2n) is 7.40. The van der Waals surface area contributed by atoms with Crippen LogP contribution in [0.4, 0.5) is 5.69 Å². The fourth-order valence-electron chi connectivity index (χ4n) is 3.60. The summed E-state index contributed by atoms with van der Waals surface area (Å²) in [5.41, 5.74) is 4.32. The molecular formula is C26H31Cl3N2O. The first kappa shape index (κ1) is 28.0. The average molecular weight is 494 g/mol. The number of anilines is 1. The third-order valence-corrected chi connectivity index (χ3v) is 5.51. The molecule has 3 aromatic carbocycles. The number of nitrogens with zero attached hydrogens (tertiary/aromatic N) is 2. The molecule has 0 unspecified atom stereocenters. The van der Waals surface area contributed by atoms with E-state index in [4.69, 9.17) is 11.6 Å². The fraction of sp³-hybridized carbons (Fsp3) is 0.269. The van der Waals surface area contributed by atoms with Crippen molar-refractivity contribution in [2.24, 2.45) is 0 Å². The second-order valence-corrected chi connectivity index (χ2v) is 7.84. The maximum absolute atomic E-state index is 12.9. The molecule has 0 bridgehead atoms. The predicted molar refractivity (Wildman–Crippen MR) is 141 cm³/mol. The van der Waals surface area contributed by atoms with Crippen LogP contribution in [0.2, 0.25) is 5.02 Å². The number of Topliss-reactive ketones (excluding diaryl/α,β-unsaturated/α-hetero) is 1. The summed E-state index contributed by atoms with van der Waals surface area (Å²) in [7, 11) is 0. The van der Waals surface area contributed by atoms with Gasteiger partial charge in [-0.25, -0.2) is 0 Å². The van der Waals surface area contributed by atoms with Crippen molar-refractivity contribution in [1.82, 2.24) is 4.90 Å². The highest BCUT2D eigenvalue weighted by atomic mass is 35.5. The van der Waals surface area contributed by atoms with E-state index in [1.807, 2.05) is 18.2 Å². The van der Waals surface area contributed by atoms with Gasteiger partial charge in [-0.05, 0) is 61.4 Å². The van der Waals surface area contributed by atoms with E-state index < -0.39 is 0 Å². The standard InChI is InChI=1S/C26H29ClN2O.2ClH/c1-3-29(4-2)25-16-10-22(11-17-25)19-28(18-21-8-6-5-7-9-21)20-26(30)23-12-14-24(27)15-13-23;;/h5-17H,3-4,18-20H2,1-2H3;2*1H. The van der Waals surface area contributed by atoms with Gasteiger partial charge in [0, 0.05) is 42.5 Å². The molecule has 0 heterocycles. The van der Waals surface area contributed by atoms with Crippen molar-refractivity contribution < 1.29 is 4.79 Å². The normalized spacial score (nSPS) is 10.2. The third kappa shape index (κ3) is 8.14. The van der Waals surface area contributed by atoms with Crippen LogP contribution >= 0.6 is 36.4 Å². The molecule has 0 saturated heterocycles. The molecule has 3 rings (SSSR count). The van der Waals surface area contributed by atoms with E-state index in [0.29, 0.717) is 23.7 Å². The number of rotatable bonds is 10. The van der Waals surface area contributed by atoms with Gasteiger partial charge < -0.3 is 4.90 Å². The highest BCUT2D eigenvalue weighted by molar-refractivity contribution is 6.30. The zero-order valence-corrected chi connectivity index (χ0v) is 20.9. The van der Waals surface area contributed by atoms with Gasteiger partial charge in [0.25, 0.3) is 0 Å². The third-order valence-electron chi connectivity index (χ3n) is 5.25. The topological polar surface area (TPSA) is 23.6 Å². The summed E-state index contributed by atoms with van der Waals surface area (Å²) in [6, 6.07) is 26.1. The van der Waals surface area contributed by atoms with Crippen LogP contribution in [0.5, 0.6) is 0 Å². The van der Waals surface area contributed by atoms with Crippen molar-refractivity contribution >= 4 is 47.9 Å². The van der Waals surface area contributed by atoms with E-state index in [9.17, 15) is 4.79 Å². The molecule has 172 valence electrons. The molecule has 6 heteroatoms. The van der Waals surface area contributed by atoms with Crippen LogP contribution in [0.1, 0.15) is 35.3 Å². The molecule has 0 radical (unpaired) electrons. The second kappa shape index (κ2) is 14.2. The predicted octanol–water partition coefficient (Wildman–Crippen LogP) is 6.91. The van der Waals surface area contributed by atoms with Gasteiger partial charge in [0.15, 0.2) is 5.78 Å². The molecule has 0 aromatic heterocycles. The zero-order chi connectivity index (χ0) is 21.3. The lowest BCUT2D eigenvalue weighted by Gasteiger charge is -2.24. The number of hydrogen-bond acceptors (Lipinski definition) is 3. The summed E-state index contributed by atoms with van der Waals surface area (Å²) in [4.78, 5) is 17.4. The number of carbonyl (C=O) groups excluding carboxylic acids is 1. The Labute approximate surface area is 209 Å². The monoisotopic (exact) mass is 492 g/mol. The van der Waals surface area contributed by atoms with Crippen LogP contribution in [0, 0.1) is 0 Å². The molecule has 3 aromatic rings. The highest BCUT2D eigenvalue weighted by Gasteiger charge is 2.14. The first-order chi connectivity index (χ1) is 14.6. The van der Waals surface area contributed by atoms with Gasteiger partial charge in [0.05, 0.1) is 6.54 Å². The van der Waals surface area contributed by atoms with Gasteiger partial charge in [-0.1, -0.05) is 54.1 Å². The lowest BCUT2D eigenvalue weighted by Crippen LogP contribution is -2.29. The van der Waals surface area contributed by atoms with Crippen LogP contribution in [0.15, 0.2) is 78.9 Å². The Balaban J connectivity index is 0.00000256. The van der Waals surface area contributed by atoms with Gasteiger partial charge in [-0.2, -0.15) is 0 Å². The fourth-order valence-corrected chi connectivity index (χ4v) is 3.72. The summed E-state index contributed by atoms with van der Waals surface area (Å²) >= 11 is 5.97. The zero-order valence-electron chi connectivity index (χ0n) is 18.5. The Kier molecular flexibility index (Phi) is 12.4. The first-order valence-corrected chi connectivity index (χ1v) is 10.9. The minimum atomic E-state index is 0. The smallest absolute Gasteiger partial charge is 0.176 e. The SMILES string of the molecule is CCN(CC)c1ccc(CN(CC(=O)c2ccc(Cl)cc2)Cc2ccccc2)cc1.Cl.Cl. The minimum Gasteiger partial charge on any atom is -0.372 e. The summed E-state index contributed by atoms with van der Waals surface area (Å²) in [6.07, 6.45) is 0. The van der Waals surface area contributed by atoms with Crippen LogP contribution < -0.4 is 4.90 Å². The first-order valence-electron chi connectivity index (χ1n) is 10.5. The molecule has 0 amide bonds. The number of benzene rings is 3. The van der Waals surface area contributed by atoms with Crippen molar-refractivity contribution in [1.29, 1.82) is 0 Å². The molecule has 0 spiro atoms. The maximum Gasteiger partial charge on any atom is 0.176 e. The largest absolute Gasteiger partial charge is 0.372 e. The number of hydrogen-bond donors (Lipinski definition) is 0. The Morgan fingerprint density at radius 2 is 1.28 bits per heavy atom. The van der Waals surface area contributed by atoms with Crippen LogP contribution in [-0.4, -0.2) is 30.3 Å². The quantitative estimate of drug-likeness (QED) is 0.287. The Morgan fingerprint density at radius 3 is 1.81 bits per heavy atom. The van der Waals surface area contributed by atoms with Gasteiger partial charge in [-0.3, -0.25) is 9.69 Å². The van der Waals surface area contributed by atoms with E-state index in [2.05, 4.69) is 60.0 Å². The van der Waals surface area contributed by atoms with Gasteiger partial charge in [0.2, 0.25) is 0 Å². The van der Waals surface area contributed by atoms with Gasteiger partial charge >= 0.3 is 0 Å². The number of ketones is 1. The molecule has 0 N–H and O–H groups in total. The Hall–Kier alpha value is -2.04. The molecule has 0 aliphatic rings. The van der Waals surface area contributed by atoms with E-state index in [0.717, 1.165) is 19.6 Å². The molecule has 3 nitrogen and oxygen atoms in total. The summed E-state index contributed by atoms with van der Waals surface area (Å²) < 4.78 is 0. The summed E-state index contributed by atoms with van der Waals surface area (Å²) in [6.45, 7) is 8.11. The molecule has 0 atom stereocenters. The lowest BCUT2D eigenvalue weighted by molar-refractivity contribution is 0.0920. The molecule has 32 heavy (non-hydrogen) atoms. The van der Waals surface area contributed by atoms with Crippen LogP contribution in [-0.2, 0) is 13.1 Å². The summed E-state index contributed by atoms with van der Waals surface area (Å²) in [5.74, 6) is 0.0994. The molecule has 0 saturated carbocycles. The average Bonchev–Trinajstić information content (AvgIpc) is 2.77. The van der Waals surface area contributed by atoms with E-state index in [1.54, 1.807) is 24.3 Å². The molecular weight excluding hydrogens is 463 g/mol. The Bertz CT molecular complexity index is 928. The van der Waals surface area contributed by atoms with E-state index in [-0.39, 0.29) is 30.6 Å². The van der Waals surface area contributed by atoms with Crippen LogP contribution in [0.3, 0.4) is 0 Å². The Morgan fingerprint density at radius 1 is 0.750 bits per heavy atom. The van der Waals surface area contributed by atoms with E-state index >= 15 is 0 Å². The van der Waals surface area contributed by atoms with Crippen LogP contribution in [0.25, 0.3) is 0 Å². The number of halogens is 3. The molecule has 0 fully saturated rings. The van der Waals surface area contributed by atoms with E-state index in [1.165, 1.54) is 16.8 Å². The molecule has 0 aliphatic carbocycles. The molecule has 0 aliphatic heterocycles. The van der Waals surface area contributed by atoms with Crippen molar-refractivity contribution in [3.63, 3.8) is 0 Å². The van der Waals surface area contributed by atoms with Gasteiger partial charge in [0.1, 0.15) is 0 Å². The van der Waals surface area contributed by atoms with Crippen molar-refractivity contribution in [2.45, 2.75) is 26.9 Å². The maximum atomic E-state index is 12.9. The van der Waals surface area contributed by atoms with Crippen molar-refractivity contribution in [3.05, 3.63) is 101 Å². The van der Waals surface area contributed by atoms with Gasteiger partial charge in [-0.15, -0.1) is 24.8 Å². The van der Waals surface area contributed by atoms with Crippen molar-refractivity contribution in [3.8, 4) is 0 Å².